The van der Waals surface area contributed by atoms with Crippen LogP contribution in [0.2, 0.25) is 0 Å². The number of sulfonamides is 1. The third-order valence-electron chi connectivity index (χ3n) is 5.41. The van der Waals surface area contributed by atoms with Crippen molar-refractivity contribution in [3.63, 3.8) is 0 Å². The lowest BCUT2D eigenvalue weighted by Gasteiger charge is -2.28. The Morgan fingerprint density at radius 1 is 1.10 bits per heavy atom. The van der Waals surface area contributed by atoms with E-state index in [-0.39, 0.29) is 4.91 Å². The number of nitrogens with one attached hydrogen (secondary N) is 1. The van der Waals surface area contributed by atoms with Crippen LogP contribution in [-0.4, -0.2) is 38.8 Å². The van der Waals surface area contributed by atoms with Gasteiger partial charge < -0.3 is 0 Å². The third kappa shape index (κ3) is 4.26. The molecule has 2 aliphatic rings. The van der Waals surface area contributed by atoms with Crippen molar-refractivity contribution >= 4 is 20.8 Å². The van der Waals surface area contributed by atoms with Gasteiger partial charge >= 0.3 is 0 Å². The van der Waals surface area contributed by atoms with Gasteiger partial charge in [-0.05, 0) is 48.6 Å². The Bertz CT molecular complexity index is 1080. The monoisotopic (exact) mass is 413 g/mol. The topological polar surface area (TPSA) is 61.8 Å². The molecular formula is C22H24FN3O2S. The number of aliphatic imine (C=N–C) groups is 1. The minimum atomic E-state index is -3.68. The van der Waals surface area contributed by atoms with E-state index in [2.05, 4.69) is 38.9 Å². The van der Waals surface area contributed by atoms with Crippen molar-refractivity contribution in [3.8, 4) is 0 Å². The van der Waals surface area contributed by atoms with E-state index in [0.29, 0.717) is 23.5 Å². The van der Waals surface area contributed by atoms with Crippen LogP contribution >= 0.6 is 0 Å². The summed E-state index contributed by atoms with van der Waals surface area (Å²) in [6.45, 7) is 5.19. The van der Waals surface area contributed by atoms with Gasteiger partial charge in [0.15, 0.2) is 0 Å². The van der Waals surface area contributed by atoms with E-state index in [1.54, 1.807) is 6.92 Å². The van der Waals surface area contributed by atoms with Crippen LogP contribution in [0.15, 0.2) is 59.1 Å². The van der Waals surface area contributed by atoms with E-state index in [1.807, 2.05) is 0 Å². The first-order chi connectivity index (χ1) is 13.9. The Kier molecular flexibility index (Phi) is 5.52. The molecule has 0 fully saturated rings. The van der Waals surface area contributed by atoms with Gasteiger partial charge in [0.1, 0.15) is 16.6 Å². The number of fused-ring (bicyclic) bond motifs is 1. The minimum absolute atomic E-state index is 0.170. The molecule has 4 rings (SSSR count). The molecule has 7 heteroatoms. The maximum Gasteiger partial charge on any atom is 0.264 e. The molecule has 0 saturated carbocycles. The van der Waals surface area contributed by atoms with E-state index >= 15 is 0 Å². The third-order valence-corrected chi connectivity index (χ3v) is 6.96. The summed E-state index contributed by atoms with van der Waals surface area (Å²) in [6.07, 6.45) is 1.92. The fraction of sp³-hybridized carbons (Fsp3) is 0.318. The maximum absolute atomic E-state index is 13.2. The maximum atomic E-state index is 13.2. The molecule has 29 heavy (non-hydrogen) atoms. The molecule has 0 aliphatic carbocycles. The molecule has 2 aromatic rings. The van der Waals surface area contributed by atoms with Crippen LogP contribution in [0.3, 0.4) is 0 Å². The highest BCUT2D eigenvalue weighted by Crippen LogP contribution is 2.29. The summed E-state index contributed by atoms with van der Waals surface area (Å²) < 4.78 is 40.7. The van der Waals surface area contributed by atoms with Gasteiger partial charge in [-0.2, -0.15) is 0 Å². The molecule has 0 atom stereocenters. The van der Waals surface area contributed by atoms with Gasteiger partial charge in [0.2, 0.25) is 0 Å². The van der Waals surface area contributed by atoms with E-state index in [0.717, 1.165) is 32.5 Å². The number of hydrogen-bond acceptors (Lipinski definition) is 4. The number of rotatable bonds is 5. The molecule has 152 valence electrons. The predicted molar refractivity (Wildman–Crippen MR) is 113 cm³/mol. The Hall–Kier alpha value is -2.51. The average molecular weight is 414 g/mol. The SMILES string of the molecule is CC1=C(c2ccc(F)cc2)S(=O)(=O)NC1=NCCCN1CCc2ccccc2C1. The smallest absolute Gasteiger partial charge is 0.264 e. The van der Waals surface area contributed by atoms with Gasteiger partial charge in [0.25, 0.3) is 10.0 Å². The fourth-order valence-corrected chi connectivity index (χ4v) is 5.44. The van der Waals surface area contributed by atoms with Gasteiger partial charge in [-0.15, -0.1) is 0 Å². The molecule has 0 amide bonds. The lowest BCUT2D eigenvalue weighted by molar-refractivity contribution is 0.252. The highest BCUT2D eigenvalue weighted by molar-refractivity contribution is 8.00. The number of benzene rings is 2. The molecular weight excluding hydrogens is 389 g/mol. The summed E-state index contributed by atoms with van der Waals surface area (Å²) in [7, 11) is -3.68. The summed E-state index contributed by atoms with van der Waals surface area (Å²) in [4.78, 5) is 7.07. The lowest BCUT2D eigenvalue weighted by atomic mass is 10.00. The second-order valence-electron chi connectivity index (χ2n) is 7.45. The Balaban J connectivity index is 1.40. The molecule has 0 radical (unpaired) electrons. The number of hydrogen-bond donors (Lipinski definition) is 1. The Morgan fingerprint density at radius 2 is 1.83 bits per heavy atom. The van der Waals surface area contributed by atoms with E-state index in [4.69, 9.17) is 0 Å². The summed E-state index contributed by atoms with van der Waals surface area (Å²) in [5, 5.41) is 0. The van der Waals surface area contributed by atoms with E-state index in [1.165, 1.54) is 35.4 Å². The van der Waals surface area contributed by atoms with E-state index in [9.17, 15) is 12.8 Å². The molecule has 0 spiro atoms. The lowest BCUT2D eigenvalue weighted by Crippen LogP contribution is -2.31. The van der Waals surface area contributed by atoms with Gasteiger partial charge in [-0.25, -0.2) is 12.8 Å². The van der Waals surface area contributed by atoms with Crippen LogP contribution in [0, 0.1) is 5.82 Å². The fourth-order valence-electron chi connectivity index (χ4n) is 3.92. The second-order valence-corrected chi connectivity index (χ2v) is 9.06. The van der Waals surface area contributed by atoms with Gasteiger partial charge in [0, 0.05) is 31.8 Å². The highest BCUT2D eigenvalue weighted by Gasteiger charge is 2.32. The largest absolute Gasteiger partial charge is 0.299 e. The van der Waals surface area contributed by atoms with Crippen molar-refractivity contribution in [3.05, 3.63) is 76.6 Å². The van der Waals surface area contributed by atoms with Gasteiger partial charge in [-0.3, -0.25) is 14.6 Å². The predicted octanol–water partition coefficient (Wildman–Crippen LogP) is 3.34. The molecule has 2 aliphatic heterocycles. The Morgan fingerprint density at radius 3 is 2.59 bits per heavy atom. The number of halogens is 1. The molecule has 0 unspecified atom stereocenters. The van der Waals surface area contributed by atoms with Crippen LogP contribution in [0.25, 0.3) is 4.91 Å². The van der Waals surface area contributed by atoms with Crippen molar-refractivity contribution in [2.24, 2.45) is 4.99 Å². The summed E-state index contributed by atoms with van der Waals surface area (Å²) in [6, 6.07) is 14.0. The van der Waals surface area contributed by atoms with Crippen molar-refractivity contribution in [1.29, 1.82) is 0 Å². The first-order valence-corrected chi connectivity index (χ1v) is 11.3. The summed E-state index contributed by atoms with van der Waals surface area (Å²) in [5.74, 6) is -0.0158. The molecule has 1 N–H and O–H groups in total. The van der Waals surface area contributed by atoms with Crippen LogP contribution in [-0.2, 0) is 23.0 Å². The number of nitrogens with zero attached hydrogens (tertiary/aromatic N) is 2. The van der Waals surface area contributed by atoms with Crippen LogP contribution in [0.4, 0.5) is 4.39 Å². The van der Waals surface area contributed by atoms with Crippen LogP contribution in [0.5, 0.6) is 0 Å². The molecule has 2 aromatic carbocycles. The Labute approximate surface area is 171 Å². The van der Waals surface area contributed by atoms with Gasteiger partial charge in [0.05, 0.1) is 0 Å². The summed E-state index contributed by atoms with van der Waals surface area (Å²) >= 11 is 0. The van der Waals surface area contributed by atoms with Crippen molar-refractivity contribution in [2.45, 2.75) is 26.3 Å². The first kappa shape index (κ1) is 19.8. The van der Waals surface area contributed by atoms with Gasteiger partial charge in [-0.1, -0.05) is 36.4 Å². The zero-order chi connectivity index (χ0) is 20.4. The molecule has 0 bridgehead atoms. The summed E-state index contributed by atoms with van der Waals surface area (Å²) in [5.41, 5.74) is 3.85. The molecule has 0 aromatic heterocycles. The molecule has 5 nitrogen and oxygen atoms in total. The standard InChI is InChI=1S/C22H24FN3O2S/c1-16-21(18-7-9-20(23)10-8-18)29(27,28)25-22(16)24-12-4-13-26-14-11-17-5-2-3-6-19(17)15-26/h2-3,5-10H,4,11-15H2,1H3,(H,24,25). The van der Waals surface area contributed by atoms with Crippen molar-refractivity contribution < 1.29 is 12.8 Å². The number of amidine groups is 1. The van der Waals surface area contributed by atoms with Crippen molar-refractivity contribution in [2.75, 3.05) is 19.6 Å². The second kappa shape index (κ2) is 8.08. The molecule has 0 saturated heterocycles. The van der Waals surface area contributed by atoms with Crippen LogP contribution in [0.1, 0.15) is 30.0 Å². The van der Waals surface area contributed by atoms with Crippen molar-refractivity contribution in [1.82, 2.24) is 9.62 Å². The average Bonchev–Trinajstić information content (AvgIpc) is 2.94. The first-order valence-electron chi connectivity index (χ1n) is 9.77. The normalized spacial score (nSPS) is 20.0. The van der Waals surface area contributed by atoms with E-state index < -0.39 is 15.8 Å². The molecule has 2 heterocycles. The zero-order valence-electron chi connectivity index (χ0n) is 16.4. The zero-order valence-corrected chi connectivity index (χ0v) is 17.2. The quantitative estimate of drug-likeness (QED) is 0.765. The highest BCUT2D eigenvalue weighted by atomic mass is 32.2. The van der Waals surface area contributed by atoms with Crippen LogP contribution < -0.4 is 4.72 Å². The minimum Gasteiger partial charge on any atom is -0.299 e.